The molecule has 12 heteroatoms. The maximum atomic E-state index is 12.7. The van der Waals surface area contributed by atoms with E-state index in [1.807, 2.05) is 6.92 Å². The van der Waals surface area contributed by atoms with Crippen molar-refractivity contribution < 1.29 is 57.6 Å². The molecule has 1 N–H and O–H groups in total. The van der Waals surface area contributed by atoms with Gasteiger partial charge in [-0.2, -0.15) is 0 Å². The first kappa shape index (κ1) is 91.5. The molecule has 0 heterocycles. The van der Waals surface area contributed by atoms with Gasteiger partial charge in [-0.3, -0.25) is 19.2 Å². The zero-order chi connectivity index (χ0) is 65.5. The summed E-state index contributed by atoms with van der Waals surface area (Å²) in [6.45, 7) is 30.9. The number of hydrogen-bond donors (Lipinski definition) is 1. The zero-order valence-corrected chi connectivity index (χ0v) is 59.1. The van der Waals surface area contributed by atoms with Crippen LogP contribution in [0, 0.1) is 29.6 Å². The number of ether oxygens (including phenoxy) is 5. The molecule has 0 aromatic carbocycles. The Kier molecular flexibility index (Phi) is 80.8. The maximum Gasteiger partial charge on any atom is 0.306 e. The Hall–Kier alpha value is -3.28. The normalized spacial score (nSPS) is 12.4. The highest BCUT2D eigenvalue weighted by molar-refractivity contribution is 5.75. The van der Waals surface area contributed by atoms with E-state index in [1.165, 1.54) is 174 Å². The fraction of sp³-hybridized carbons (Fsp3) is 0.892. The average Bonchev–Trinajstić information content (AvgIpc) is 3.50. The highest BCUT2D eigenvalue weighted by Crippen LogP contribution is 2.33. The number of unbranched alkanes of at least 4 members (excludes halogenated alkanes) is 25. The molecule has 0 aromatic heterocycles. The van der Waals surface area contributed by atoms with Gasteiger partial charge in [0.25, 0.3) is 0 Å². The zero-order valence-electron chi connectivity index (χ0n) is 59.1. The molecule has 12 nitrogen and oxygen atoms in total. The van der Waals surface area contributed by atoms with Gasteiger partial charge in [0.15, 0.2) is 0 Å². The molecule has 1 aliphatic carbocycles. The molecule has 1 aliphatic rings. The Labute approximate surface area is 532 Å². The van der Waals surface area contributed by atoms with Gasteiger partial charge in [0.2, 0.25) is 0 Å². The highest BCUT2D eigenvalue weighted by Gasteiger charge is 2.24. The molecule has 0 bridgehead atoms. The molecular weight excluding hydrogens is 1080 g/mol. The highest BCUT2D eigenvalue weighted by atomic mass is 16.5. The molecule has 0 aromatic rings. The molecule has 1 rings (SSSR count). The summed E-state index contributed by atoms with van der Waals surface area (Å²) >= 11 is 0. The Morgan fingerprint density at radius 1 is 0.453 bits per heavy atom. The topological polar surface area (TPSA) is 169 Å². The maximum absolute atomic E-state index is 12.7. The third-order valence-electron chi connectivity index (χ3n) is 15.5. The number of carbonyl (C=O) groups is 6. The van der Waals surface area contributed by atoms with E-state index in [-0.39, 0.29) is 48.7 Å². The van der Waals surface area contributed by atoms with Crippen LogP contribution in [0.5, 0.6) is 0 Å². The predicted molar refractivity (Wildman–Crippen MR) is 362 cm³/mol. The van der Waals surface area contributed by atoms with Gasteiger partial charge in [0, 0.05) is 52.1 Å². The van der Waals surface area contributed by atoms with Crippen molar-refractivity contribution in [3.63, 3.8) is 0 Å². The molecule has 3 atom stereocenters. The predicted octanol–water partition coefficient (Wildman–Crippen LogP) is 21.1. The summed E-state index contributed by atoms with van der Waals surface area (Å²) in [5.74, 6) is 1.98. The van der Waals surface area contributed by atoms with Gasteiger partial charge in [0.1, 0.15) is 12.1 Å². The van der Waals surface area contributed by atoms with Gasteiger partial charge in [-0.15, -0.1) is 0 Å². The van der Waals surface area contributed by atoms with Crippen LogP contribution in [0.3, 0.4) is 0 Å². The smallest absolute Gasteiger partial charge is 0.306 e. The van der Waals surface area contributed by atoms with Crippen molar-refractivity contribution in [1.29, 1.82) is 0 Å². The lowest BCUT2D eigenvalue weighted by molar-refractivity contribution is -0.152. The van der Waals surface area contributed by atoms with Crippen molar-refractivity contribution in [2.45, 2.75) is 359 Å². The molecule has 0 amide bonds. The van der Waals surface area contributed by atoms with Crippen LogP contribution < -0.4 is 0 Å². The second-order valence-corrected chi connectivity index (χ2v) is 24.6. The molecule has 1 fully saturated rings. The summed E-state index contributed by atoms with van der Waals surface area (Å²) in [6.07, 6.45) is 49.3. The van der Waals surface area contributed by atoms with Crippen LogP contribution >= 0.6 is 0 Å². The molecule has 86 heavy (non-hydrogen) atoms. The lowest BCUT2D eigenvalue weighted by Gasteiger charge is -2.28. The second kappa shape index (κ2) is 76.0. The third kappa shape index (κ3) is 76.8. The van der Waals surface area contributed by atoms with Crippen LogP contribution in [0.4, 0.5) is 0 Å². The number of aliphatic hydroxyl groups excluding tert-OH is 1. The van der Waals surface area contributed by atoms with Crippen molar-refractivity contribution in [2.75, 3.05) is 40.1 Å². The molecule has 0 radical (unpaired) electrons. The van der Waals surface area contributed by atoms with E-state index in [1.54, 1.807) is 6.92 Å². The number of carbonyl (C=O) groups excluding carboxylic acids is 6. The summed E-state index contributed by atoms with van der Waals surface area (Å²) in [7, 11) is 1.00. The quantitative estimate of drug-likeness (QED) is 0.0201. The SMILES string of the molecule is C=C(CCCCCCCC)OCC(COC(=O)CCCCCCCC)CC(=O)OCC(CCCC)C(C)C.CCCCCCC.CCCCCCCCC(=O)OCC(CC=O)CC1CCC1.CCCCCCCCC(C)=O.CCCOC(C)=O.CO. The molecule has 512 valence electrons. The number of hydrogen-bond acceptors (Lipinski definition) is 12. The van der Waals surface area contributed by atoms with E-state index < -0.39 is 0 Å². The van der Waals surface area contributed by atoms with Crippen molar-refractivity contribution in [3.8, 4) is 0 Å². The average molecular weight is 1230 g/mol. The van der Waals surface area contributed by atoms with E-state index in [0.29, 0.717) is 63.3 Å². The van der Waals surface area contributed by atoms with Gasteiger partial charge in [-0.05, 0) is 75.5 Å². The van der Waals surface area contributed by atoms with Crippen LogP contribution in [0.25, 0.3) is 0 Å². The molecule has 3 unspecified atom stereocenters. The lowest BCUT2D eigenvalue weighted by Crippen LogP contribution is -2.25. The van der Waals surface area contributed by atoms with Crippen molar-refractivity contribution in [3.05, 3.63) is 12.3 Å². The molecular formula is C74H144O12. The summed E-state index contributed by atoms with van der Waals surface area (Å²) in [5.41, 5.74) is 0. The van der Waals surface area contributed by atoms with Gasteiger partial charge in [0.05, 0.1) is 45.2 Å². The van der Waals surface area contributed by atoms with E-state index in [9.17, 15) is 28.8 Å². The van der Waals surface area contributed by atoms with E-state index in [0.717, 1.165) is 109 Å². The third-order valence-corrected chi connectivity index (χ3v) is 15.5. The Balaban J connectivity index is -0.000000376. The number of rotatable bonds is 53. The Morgan fingerprint density at radius 2 is 0.826 bits per heavy atom. The van der Waals surface area contributed by atoms with Crippen LogP contribution in [0.15, 0.2) is 12.3 Å². The number of aliphatic hydroxyl groups is 1. The summed E-state index contributed by atoms with van der Waals surface area (Å²) < 4.78 is 27.1. The summed E-state index contributed by atoms with van der Waals surface area (Å²) in [4.78, 5) is 67.9. The van der Waals surface area contributed by atoms with Crippen LogP contribution in [0.1, 0.15) is 359 Å². The Bertz CT molecular complexity index is 1420. The van der Waals surface area contributed by atoms with Gasteiger partial charge >= 0.3 is 23.9 Å². The molecule has 0 spiro atoms. The molecule has 1 saturated carbocycles. The fourth-order valence-electron chi connectivity index (χ4n) is 9.46. The van der Waals surface area contributed by atoms with Crippen molar-refractivity contribution in [1.82, 2.24) is 0 Å². The van der Waals surface area contributed by atoms with E-state index in [4.69, 9.17) is 24.1 Å². The number of Topliss-reactive ketones (excluding diaryl/α,β-unsaturated/α-hetero) is 1. The monoisotopic (exact) mass is 1230 g/mol. The van der Waals surface area contributed by atoms with Gasteiger partial charge in [-0.1, -0.05) is 268 Å². The van der Waals surface area contributed by atoms with Crippen LogP contribution in [-0.2, 0) is 52.5 Å². The lowest BCUT2D eigenvalue weighted by atomic mass is 9.78. The number of aldehydes is 1. The number of ketones is 1. The van der Waals surface area contributed by atoms with E-state index in [2.05, 4.69) is 73.6 Å². The van der Waals surface area contributed by atoms with Crippen LogP contribution in [-0.4, -0.2) is 81.2 Å². The van der Waals surface area contributed by atoms with Gasteiger partial charge < -0.3 is 38.4 Å². The summed E-state index contributed by atoms with van der Waals surface area (Å²) in [6, 6.07) is 0. The first-order chi connectivity index (χ1) is 41.5. The minimum atomic E-state index is -0.241. The van der Waals surface area contributed by atoms with E-state index >= 15 is 0 Å². The number of esters is 4. The molecule has 0 saturated heterocycles. The van der Waals surface area contributed by atoms with Gasteiger partial charge in [-0.25, -0.2) is 0 Å². The van der Waals surface area contributed by atoms with Crippen molar-refractivity contribution in [2.24, 2.45) is 29.6 Å². The second-order valence-electron chi connectivity index (χ2n) is 24.6. The van der Waals surface area contributed by atoms with Crippen molar-refractivity contribution >= 4 is 35.9 Å². The standard InChI is InChI=1S/C33H62O5.C18H32O3.C10H20O.C7H16.C5H10O2.CH4O/c1-7-10-13-15-17-19-21-29(6)36-25-30(26-37-32(34)23-20-18-16-14-11-8-2)24-33(35)38-27-31(28(4)5)22-12-9-3;1-2-3-4-5-6-7-11-18(20)21-15-17(12-13-19)14-16-9-8-10-16;1-3-4-5-6-7-8-9-10(2)11;1-3-5-7-6-4-2;1-3-4-7-5(2)6;1-2/h28,30-31H,6-27H2,1-5H3;13,16-17H,2-12,14-15H2,1H3;3-9H2,1-2H3;3-7H2,1-2H3;3-4H2,1-2H3;2H,1H3. The first-order valence-corrected chi connectivity index (χ1v) is 35.8. The minimum Gasteiger partial charge on any atom is -0.498 e. The Morgan fingerprint density at radius 3 is 1.19 bits per heavy atom. The summed E-state index contributed by atoms with van der Waals surface area (Å²) in [5, 5.41) is 7.00. The minimum absolute atomic E-state index is 0.0880. The molecule has 0 aliphatic heterocycles. The largest absolute Gasteiger partial charge is 0.498 e. The first-order valence-electron chi connectivity index (χ1n) is 35.8. The van der Waals surface area contributed by atoms with Crippen LogP contribution in [0.2, 0.25) is 0 Å². The number of allylic oxidation sites excluding steroid dienone is 1. The fourth-order valence-corrected chi connectivity index (χ4v) is 9.46.